The largest absolute Gasteiger partial charge is 0.371 e. The van der Waals surface area contributed by atoms with Gasteiger partial charge in [0.1, 0.15) is 6.04 Å². The predicted molar refractivity (Wildman–Crippen MR) is 128 cm³/mol. The molecule has 3 amide bonds. The maximum atomic E-state index is 13.0. The number of benzene rings is 1. The van der Waals surface area contributed by atoms with Crippen molar-refractivity contribution in [2.24, 2.45) is 0 Å². The smallest absolute Gasteiger partial charge is 0.246 e. The lowest BCUT2D eigenvalue weighted by Crippen LogP contribution is -2.48. The Hall–Kier alpha value is -2.57. The van der Waals surface area contributed by atoms with E-state index in [1.54, 1.807) is 4.90 Å². The normalized spacial score (nSPS) is 18.1. The van der Waals surface area contributed by atoms with Crippen molar-refractivity contribution in [2.45, 2.75) is 77.2 Å². The lowest BCUT2D eigenvalue weighted by molar-refractivity contribution is -0.137. The van der Waals surface area contributed by atoms with E-state index in [0.29, 0.717) is 19.4 Å². The summed E-state index contributed by atoms with van der Waals surface area (Å²) < 4.78 is 0. The summed E-state index contributed by atoms with van der Waals surface area (Å²) in [6.07, 6.45) is 9.22. The summed E-state index contributed by atoms with van der Waals surface area (Å²) in [7, 11) is 0. The zero-order valence-corrected chi connectivity index (χ0v) is 19.4. The summed E-state index contributed by atoms with van der Waals surface area (Å²) in [4.78, 5) is 42.1. The molecule has 2 N–H and O–H groups in total. The Morgan fingerprint density at radius 2 is 1.78 bits per heavy atom. The van der Waals surface area contributed by atoms with Crippen molar-refractivity contribution in [1.82, 2.24) is 10.2 Å². The third-order valence-electron chi connectivity index (χ3n) is 6.34. The molecule has 0 aliphatic carbocycles. The number of rotatable bonds is 9. The minimum atomic E-state index is -0.609. The fraction of sp³-hybridized carbons (Fsp3) is 0.640. The fourth-order valence-corrected chi connectivity index (χ4v) is 4.46. The lowest BCUT2D eigenvalue weighted by Gasteiger charge is -2.26. The van der Waals surface area contributed by atoms with Crippen molar-refractivity contribution in [3.8, 4) is 0 Å². The summed E-state index contributed by atoms with van der Waals surface area (Å²) >= 11 is 0. The number of likely N-dealkylation sites (tertiary alicyclic amines) is 1. The minimum Gasteiger partial charge on any atom is -0.371 e. The number of unbranched alkanes of at least 4 members (excludes halogenated alkanes) is 1. The van der Waals surface area contributed by atoms with Gasteiger partial charge in [-0.2, -0.15) is 0 Å². The van der Waals surface area contributed by atoms with Crippen LogP contribution in [0.4, 0.5) is 11.4 Å². The van der Waals surface area contributed by atoms with E-state index in [2.05, 4.69) is 28.5 Å². The van der Waals surface area contributed by atoms with Gasteiger partial charge in [-0.1, -0.05) is 38.7 Å². The van der Waals surface area contributed by atoms with Crippen molar-refractivity contribution in [2.75, 3.05) is 36.4 Å². The first-order valence-electron chi connectivity index (χ1n) is 12.3. The second-order valence-corrected chi connectivity index (χ2v) is 8.98. The molecular formula is C25H38N4O3. The van der Waals surface area contributed by atoms with Crippen LogP contribution in [-0.2, 0) is 14.4 Å². The first-order chi connectivity index (χ1) is 15.6. The fourth-order valence-electron chi connectivity index (χ4n) is 4.46. The van der Waals surface area contributed by atoms with Gasteiger partial charge in [-0.05, 0) is 50.3 Å². The molecule has 1 aromatic rings. The van der Waals surface area contributed by atoms with Crippen molar-refractivity contribution >= 4 is 29.1 Å². The second-order valence-electron chi connectivity index (χ2n) is 8.98. The summed E-state index contributed by atoms with van der Waals surface area (Å²) in [6.45, 7) is 4.79. The van der Waals surface area contributed by atoms with E-state index < -0.39 is 6.04 Å². The van der Waals surface area contributed by atoms with Crippen LogP contribution >= 0.6 is 0 Å². The van der Waals surface area contributed by atoms with Crippen LogP contribution in [0.3, 0.4) is 0 Å². The number of hydrogen-bond donors (Lipinski definition) is 2. The number of anilines is 2. The van der Waals surface area contributed by atoms with Crippen LogP contribution in [0, 0.1) is 0 Å². The highest BCUT2D eigenvalue weighted by Gasteiger charge is 2.24. The average Bonchev–Trinajstić information content (AvgIpc) is 3.31. The number of carbonyl (C=O) groups is 3. The van der Waals surface area contributed by atoms with Crippen LogP contribution in [0.25, 0.3) is 0 Å². The van der Waals surface area contributed by atoms with Crippen LogP contribution < -0.4 is 15.5 Å². The van der Waals surface area contributed by atoms with Crippen molar-refractivity contribution in [3.63, 3.8) is 0 Å². The minimum absolute atomic E-state index is 0.0270. The first-order valence-corrected chi connectivity index (χ1v) is 12.3. The molecule has 2 heterocycles. The Kier molecular flexibility index (Phi) is 9.38. The average molecular weight is 443 g/mol. The summed E-state index contributed by atoms with van der Waals surface area (Å²) in [5.41, 5.74) is 1.86. The summed E-state index contributed by atoms with van der Waals surface area (Å²) in [6, 6.07) is 7.30. The molecule has 7 heteroatoms. The Labute approximate surface area is 191 Å². The Bertz CT molecular complexity index is 776. The van der Waals surface area contributed by atoms with E-state index in [4.69, 9.17) is 0 Å². The molecule has 2 saturated heterocycles. The van der Waals surface area contributed by atoms with Crippen molar-refractivity contribution in [3.05, 3.63) is 24.3 Å². The third kappa shape index (κ3) is 7.24. The Morgan fingerprint density at radius 3 is 2.56 bits per heavy atom. The lowest BCUT2D eigenvalue weighted by atomic mass is 10.1. The summed E-state index contributed by atoms with van der Waals surface area (Å²) in [5.74, 6) is -0.432. The van der Waals surface area contributed by atoms with E-state index >= 15 is 0 Å². The van der Waals surface area contributed by atoms with Crippen LogP contribution in [0.5, 0.6) is 0 Å². The van der Waals surface area contributed by atoms with E-state index in [1.807, 2.05) is 18.2 Å². The highest BCUT2D eigenvalue weighted by Crippen LogP contribution is 2.23. The molecule has 1 atom stereocenters. The number of amides is 3. The standard InChI is InChI=1S/C25H38N4O3/c1-2-3-13-22(27-23(30)19-29-17-7-5-4-6-14-24(29)31)25(32)26-20-11-10-12-21(18-20)28-15-8-9-16-28/h10-12,18,22H,2-9,13-17,19H2,1H3,(H,26,32)(H,27,30). The van der Waals surface area contributed by atoms with Crippen LogP contribution in [0.1, 0.15) is 71.1 Å². The van der Waals surface area contributed by atoms with Gasteiger partial charge in [0.05, 0.1) is 6.54 Å². The molecule has 2 fully saturated rings. The molecule has 0 spiro atoms. The maximum Gasteiger partial charge on any atom is 0.246 e. The Morgan fingerprint density at radius 1 is 1.03 bits per heavy atom. The van der Waals surface area contributed by atoms with Gasteiger partial charge in [0.15, 0.2) is 0 Å². The van der Waals surface area contributed by atoms with Gasteiger partial charge >= 0.3 is 0 Å². The zero-order valence-electron chi connectivity index (χ0n) is 19.4. The van der Waals surface area contributed by atoms with Crippen molar-refractivity contribution in [1.29, 1.82) is 0 Å². The predicted octanol–water partition coefficient (Wildman–Crippen LogP) is 3.69. The van der Waals surface area contributed by atoms with Gasteiger partial charge in [-0.3, -0.25) is 14.4 Å². The van der Waals surface area contributed by atoms with E-state index in [0.717, 1.165) is 63.0 Å². The zero-order chi connectivity index (χ0) is 22.8. The van der Waals surface area contributed by atoms with E-state index in [1.165, 1.54) is 12.8 Å². The number of nitrogens with zero attached hydrogens (tertiary/aromatic N) is 2. The maximum absolute atomic E-state index is 13.0. The third-order valence-corrected chi connectivity index (χ3v) is 6.34. The van der Waals surface area contributed by atoms with Crippen LogP contribution in [-0.4, -0.2) is 54.8 Å². The number of hydrogen-bond acceptors (Lipinski definition) is 4. The molecule has 3 rings (SSSR count). The van der Waals surface area contributed by atoms with Crippen molar-refractivity contribution < 1.29 is 14.4 Å². The molecular weight excluding hydrogens is 404 g/mol. The molecule has 2 aliphatic rings. The van der Waals surface area contributed by atoms with E-state index in [9.17, 15) is 14.4 Å². The van der Waals surface area contributed by atoms with Gasteiger partial charge in [0.25, 0.3) is 0 Å². The molecule has 0 bridgehead atoms. The van der Waals surface area contributed by atoms with Gasteiger partial charge in [-0.15, -0.1) is 0 Å². The van der Waals surface area contributed by atoms with Crippen LogP contribution in [0.15, 0.2) is 24.3 Å². The summed E-state index contributed by atoms with van der Waals surface area (Å²) in [5, 5.41) is 5.88. The molecule has 1 aromatic carbocycles. The molecule has 2 aliphatic heterocycles. The number of nitrogens with one attached hydrogen (secondary N) is 2. The molecule has 0 aromatic heterocycles. The number of carbonyl (C=O) groups excluding carboxylic acids is 3. The van der Waals surface area contributed by atoms with Gasteiger partial charge in [-0.25, -0.2) is 0 Å². The molecule has 1 unspecified atom stereocenters. The quantitative estimate of drug-likeness (QED) is 0.611. The topological polar surface area (TPSA) is 81.8 Å². The van der Waals surface area contributed by atoms with Gasteiger partial charge in [0.2, 0.25) is 17.7 Å². The molecule has 0 saturated carbocycles. The molecule has 0 radical (unpaired) electrons. The highest BCUT2D eigenvalue weighted by molar-refractivity contribution is 5.98. The highest BCUT2D eigenvalue weighted by atomic mass is 16.2. The monoisotopic (exact) mass is 442 g/mol. The van der Waals surface area contributed by atoms with Crippen LogP contribution in [0.2, 0.25) is 0 Å². The Balaban J connectivity index is 1.59. The van der Waals surface area contributed by atoms with E-state index in [-0.39, 0.29) is 24.3 Å². The first kappa shape index (κ1) is 24.1. The molecule has 7 nitrogen and oxygen atoms in total. The SMILES string of the molecule is CCCCC(NC(=O)CN1CCCCCCC1=O)C(=O)Nc1cccc(N2CCCC2)c1. The van der Waals surface area contributed by atoms with Gasteiger partial charge < -0.3 is 20.4 Å². The van der Waals surface area contributed by atoms with Gasteiger partial charge in [0, 0.05) is 37.4 Å². The molecule has 32 heavy (non-hydrogen) atoms. The second kappa shape index (κ2) is 12.5. The molecule has 176 valence electrons.